The first kappa shape index (κ1) is 24.5. The van der Waals surface area contributed by atoms with Crippen LogP contribution in [0.3, 0.4) is 0 Å². The van der Waals surface area contributed by atoms with Crippen LogP contribution in [-0.4, -0.2) is 39.9 Å². The van der Waals surface area contributed by atoms with E-state index >= 15 is 0 Å². The normalized spacial score (nSPS) is 17.6. The van der Waals surface area contributed by atoms with E-state index in [1.54, 1.807) is 5.01 Å². The molecule has 1 aliphatic rings. The zero-order chi connectivity index (χ0) is 21.3. The van der Waals surface area contributed by atoms with E-state index in [9.17, 15) is 9.90 Å². The van der Waals surface area contributed by atoms with Crippen LogP contribution in [0.2, 0.25) is 0 Å². The summed E-state index contributed by atoms with van der Waals surface area (Å²) in [4.78, 5) is 12.7. The van der Waals surface area contributed by atoms with Crippen LogP contribution >= 0.6 is 34.8 Å². The summed E-state index contributed by atoms with van der Waals surface area (Å²) in [6.07, 6.45) is 6.33. The number of amides is 1. The molecule has 1 unspecified atom stereocenters. The van der Waals surface area contributed by atoms with E-state index in [0.29, 0.717) is 36.7 Å². The Bertz CT molecular complexity index is 612. The van der Waals surface area contributed by atoms with Crippen molar-refractivity contribution in [2.45, 2.75) is 67.8 Å². The SMILES string of the molecule is N[C@H](CC1CCCCC1)C(O)C(=O)NN(CC(Cl)(Cl)CCCCl)c1ccccc1. The third-order valence-corrected chi connectivity index (χ3v) is 6.27. The Morgan fingerprint density at radius 1 is 1.24 bits per heavy atom. The highest BCUT2D eigenvalue weighted by Gasteiger charge is 2.31. The van der Waals surface area contributed by atoms with Crippen LogP contribution in [0.4, 0.5) is 5.69 Å². The second-order valence-corrected chi connectivity index (χ2v) is 9.91. The number of hydrogen-bond donors (Lipinski definition) is 3. The van der Waals surface area contributed by atoms with Gasteiger partial charge in [0.25, 0.3) is 5.91 Å². The lowest BCUT2D eigenvalue weighted by atomic mass is 9.84. The number of alkyl halides is 3. The van der Waals surface area contributed by atoms with E-state index in [2.05, 4.69) is 5.43 Å². The van der Waals surface area contributed by atoms with Gasteiger partial charge in [0.2, 0.25) is 0 Å². The Kier molecular flexibility index (Phi) is 10.3. The summed E-state index contributed by atoms with van der Waals surface area (Å²) in [5, 5.41) is 12.1. The van der Waals surface area contributed by atoms with Gasteiger partial charge < -0.3 is 10.8 Å². The zero-order valence-electron chi connectivity index (χ0n) is 16.7. The largest absolute Gasteiger partial charge is 0.382 e. The second kappa shape index (κ2) is 12.2. The second-order valence-electron chi connectivity index (χ2n) is 7.89. The van der Waals surface area contributed by atoms with Crippen molar-refractivity contribution in [3.8, 4) is 0 Å². The summed E-state index contributed by atoms with van der Waals surface area (Å²) < 4.78 is -1.10. The molecule has 1 fully saturated rings. The number of halogens is 3. The molecule has 164 valence electrons. The smallest absolute Gasteiger partial charge is 0.268 e. The molecule has 1 aliphatic carbocycles. The number of aliphatic hydroxyl groups is 1. The molecule has 0 spiro atoms. The Labute approximate surface area is 188 Å². The topological polar surface area (TPSA) is 78.6 Å². The average Bonchev–Trinajstić information content (AvgIpc) is 2.72. The van der Waals surface area contributed by atoms with E-state index in [1.807, 2.05) is 30.3 Å². The molecule has 5 nitrogen and oxygen atoms in total. The van der Waals surface area contributed by atoms with Crippen LogP contribution < -0.4 is 16.2 Å². The summed E-state index contributed by atoms with van der Waals surface area (Å²) in [7, 11) is 0. The Morgan fingerprint density at radius 2 is 1.90 bits per heavy atom. The Balaban J connectivity index is 2.01. The molecule has 1 aromatic rings. The van der Waals surface area contributed by atoms with Gasteiger partial charge in [-0.3, -0.25) is 15.2 Å². The fourth-order valence-electron chi connectivity index (χ4n) is 3.77. The van der Waals surface area contributed by atoms with Crippen LogP contribution in [0.1, 0.15) is 51.4 Å². The number of anilines is 1. The predicted molar refractivity (Wildman–Crippen MR) is 121 cm³/mol. The number of nitrogens with two attached hydrogens (primary N) is 1. The van der Waals surface area contributed by atoms with Crippen molar-refractivity contribution in [1.82, 2.24) is 5.43 Å². The summed E-state index contributed by atoms with van der Waals surface area (Å²) in [5.41, 5.74) is 9.62. The van der Waals surface area contributed by atoms with Crippen molar-refractivity contribution >= 4 is 46.4 Å². The van der Waals surface area contributed by atoms with Crippen LogP contribution in [0.25, 0.3) is 0 Å². The van der Waals surface area contributed by atoms with Crippen LogP contribution in [0.5, 0.6) is 0 Å². The molecule has 4 N–H and O–H groups in total. The number of hydrazine groups is 1. The number of rotatable bonds is 11. The molecule has 0 aliphatic heterocycles. The highest BCUT2D eigenvalue weighted by Crippen LogP contribution is 2.30. The van der Waals surface area contributed by atoms with E-state index < -0.39 is 22.4 Å². The molecule has 1 saturated carbocycles. The van der Waals surface area contributed by atoms with Crippen molar-refractivity contribution in [2.24, 2.45) is 11.7 Å². The van der Waals surface area contributed by atoms with Crippen molar-refractivity contribution in [3.63, 3.8) is 0 Å². The van der Waals surface area contributed by atoms with Crippen molar-refractivity contribution in [3.05, 3.63) is 30.3 Å². The number of nitrogens with one attached hydrogen (secondary N) is 1. The van der Waals surface area contributed by atoms with Crippen LogP contribution in [0.15, 0.2) is 30.3 Å². The molecule has 0 saturated heterocycles. The average molecular weight is 465 g/mol. The first-order valence-electron chi connectivity index (χ1n) is 10.3. The summed E-state index contributed by atoms with van der Waals surface area (Å²) in [6, 6.07) is 8.63. The maximum atomic E-state index is 12.7. The minimum Gasteiger partial charge on any atom is -0.382 e. The standard InChI is InChI=1S/C21H32Cl3N3O2/c22-13-7-12-21(23,24)15-27(17-10-5-2-6-11-17)26-20(29)19(28)18(25)14-16-8-3-1-4-9-16/h2,5-6,10-11,16,18-19,28H,1,3-4,7-9,12-15,25H2,(H,26,29)/t18-,19?/m1/s1. The van der Waals surface area contributed by atoms with Gasteiger partial charge in [0.15, 0.2) is 0 Å². The van der Waals surface area contributed by atoms with Gasteiger partial charge in [-0.2, -0.15) is 0 Å². The molecule has 0 aromatic heterocycles. The lowest BCUT2D eigenvalue weighted by Crippen LogP contribution is -2.55. The van der Waals surface area contributed by atoms with Gasteiger partial charge >= 0.3 is 0 Å². The Hall–Kier alpha value is -0.720. The fourth-order valence-corrected chi connectivity index (χ4v) is 4.41. The molecule has 0 heterocycles. The highest BCUT2D eigenvalue weighted by atomic mass is 35.5. The third-order valence-electron chi connectivity index (χ3n) is 5.38. The van der Waals surface area contributed by atoms with E-state index in [-0.39, 0.29) is 6.54 Å². The van der Waals surface area contributed by atoms with Crippen LogP contribution in [-0.2, 0) is 4.79 Å². The molecule has 0 bridgehead atoms. The third kappa shape index (κ3) is 8.50. The van der Waals surface area contributed by atoms with Crippen LogP contribution in [0, 0.1) is 5.92 Å². The number of carbonyl (C=O) groups is 1. The van der Waals surface area contributed by atoms with Gasteiger partial charge in [-0.1, -0.05) is 73.5 Å². The van der Waals surface area contributed by atoms with E-state index in [0.717, 1.165) is 12.8 Å². The monoisotopic (exact) mass is 463 g/mol. The van der Waals surface area contributed by atoms with E-state index in [1.165, 1.54) is 19.3 Å². The van der Waals surface area contributed by atoms with Crippen molar-refractivity contribution < 1.29 is 9.90 Å². The molecular weight excluding hydrogens is 433 g/mol. The van der Waals surface area contributed by atoms with Gasteiger partial charge in [-0.25, -0.2) is 0 Å². The summed E-state index contributed by atoms with van der Waals surface area (Å²) >= 11 is 18.6. The first-order chi connectivity index (χ1) is 13.8. The van der Waals surface area contributed by atoms with Gasteiger partial charge in [-0.15, -0.1) is 11.6 Å². The molecule has 0 radical (unpaired) electrons. The maximum Gasteiger partial charge on any atom is 0.268 e. The molecule has 29 heavy (non-hydrogen) atoms. The molecule has 2 rings (SSSR count). The highest BCUT2D eigenvalue weighted by molar-refractivity contribution is 6.48. The molecule has 2 atom stereocenters. The van der Waals surface area contributed by atoms with Crippen molar-refractivity contribution in [2.75, 3.05) is 17.4 Å². The predicted octanol–water partition coefficient (Wildman–Crippen LogP) is 4.38. The van der Waals surface area contributed by atoms with Gasteiger partial charge in [0.1, 0.15) is 10.4 Å². The quantitative estimate of drug-likeness (QED) is 0.335. The summed E-state index contributed by atoms with van der Waals surface area (Å²) in [6.45, 7) is 0.146. The molecule has 8 heteroatoms. The minimum atomic E-state index is -1.30. The maximum absolute atomic E-state index is 12.7. The lowest BCUT2D eigenvalue weighted by Gasteiger charge is -2.33. The number of aliphatic hydroxyl groups excluding tert-OH is 1. The molecule has 1 aromatic carbocycles. The number of carbonyl (C=O) groups excluding carboxylic acids is 1. The summed E-state index contributed by atoms with van der Waals surface area (Å²) in [5.74, 6) is 0.368. The molecule has 1 amide bonds. The Morgan fingerprint density at radius 3 is 2.52 bits per heavy atom. The van der Waals surface area contributed by atoms with Gasteiger partial charge in [-0.05, 0) is 37.3 Å². The van der Waals surface area contributed by atoms with Gasteiger partial charge in [0.05, 0.1) is 12.2 Å². The minimum absolute atomic E-state index is 0.146. The zero-order valence-corrected chi connectivity index (χ0v) is 19.0. The number of benzene rings is 1. The van der Waals surface area contributed by atoms with E-state index in [4.69, 9.17) is 40.5 Å². The fraction of sp³-hybridized carbons (Fsp3) is 0.667. The first-order valence-corrected chi connectivity index (χ1v) is 11.6. The number of hydrogen-bond acceptors (Lipinski definition) is 4. The number of nitrogens with zero attached hydrogens (tertiary/aromatic N) is 1. The lowest BCUT2D eigenvalue weighted by molar-refractivity contribution is -0.130. The number of para-hydroxylation sites is 1. The van der Waals surface area contributed by atoms with Crippen molar-refractivity contribution in [1.29, 1.82) is 0 Å². The molecular formula is C21H32Cl3N3O2. The van der Waals surface area contributed by atoms with Gasteiger partial charge in [0, 0.05) is 11.9 Å².